The fraction of sp³-hybridized carbons (Fsp3) is 0.364. The number of Topliss-reactive ketones (excluding diaryl/α,β-unsaturated/α-hetero) is 1. The Morgan fingerprint density at radius 3 is 2.59 bits per heavy atom. The lowest BCUT2D eigenvalue weighted by molar-refractivity contribution is -0.115. The molecule has 0 radical (unpaired) electrons. The zero-order valence-electron chi connectivity index (χ0n) is 16.5. The van der Waals surface area contributed by atoms with Crippen LogP contribution in [0.25, 0.3) is 6.08 Å². The number of carboxylic acid groups (broad SMARTS) is 1. The molecule has 150 valence electrons. The normalized spacial score (nSPS) is 17.1. The first-order valence-corrected chi connectivity index (χ1v) is 9.91. The van der Waals surface area contributed by atoms with Crippen molar-refractivity contribution in [3.63, 3.8) is 0 Å². The molecule has 3 heterocycles. The van der Waals surface area contributed by atoms with Crippen molar-refractivity contribution in [2.24, 2.45) is 0 Å². The first-order chi connectivity index (χ1) is 14.0. The summed E-state index contributed by atoms with van der Waals surface area (Å²) in [5.74, 6) is -0.807. The summed E-state index contributed by atoms with van der Waals surface area (Å²) in [7, 11) is 0. The van der Waals surface area contributed by atoms with E-state index in [1.54, 1.807) is 12.3 Å². The van der Waals surface area contributed by atoms with Gasteiger partial charge in [0, 0.05) is 45.3 Å². The van der Waals surface area contributed by atoms with Crippen molar-refractivity contribution in [2.45, 2.75) is 26.3 Å². The molecule has 0 bridgehead atoms. The predicted octanol–water partition coefficient (Wildman–Crippen LogP) is 2.42. The molecule has 1 aliphatic heterocycles. The van der Waals surface area contributed by atoms with Crippen molar-refractivity contribution >= 4 is 23.5 Å². The number of pyridine rings is 2. The highest BCUT2D eigenvalue weighted by Gasteiger charge is 2.21. The number of ketones is 1. The lowest BCUT2D eigenvalue weighted by atomic mass is 9.92. The Balaban J connectivity index is 1.37. The molecule has 0 atom stereocenters. The van der Waals surface area contributed by atoms with Crippen LogP contribution in [0.2, 0.25) is 0 Å². The minimum Gasteiger partial charge on any atom is -0.477 e. The summed E-state index contributed by atoms with van der Waals surface area (Å²) in [6.45, 7) is 6.32. The van der Waals surface area contributed by atoms with Gasteiger partial charge in [0.05, 0.1) is 17.6 Å². The van der Waals surface area contributed by atoms with Gasteiger partial charge in [-0.1, -0.05) is 13.0 Å². The molecule has 7 nitrogen and oxygen atoms in total. The fourth-order valence-electron chi connectivity index (χ4n) is 3.88. The van der Waals surface area contributed by atoms with E-state index < -0.39 is 5.97 Å². The third kappa shape index (κ3) is 4.19. The van der Waals surface area contributed by atoms with E-state index in [1.807, 2.05) is 25.3 Å². The van der Waals surface area contributed by atoms with Crippen LogP contribution in [-0.4, -0.2) is 57.9 Å². The van der Waals surface area contributed by atoms with Gasteiger partial charge in [-0.05, 0) is 41.3 Å². The van der Waals surface area contributed by atoms with Gasteiger partial charge < -0.3 is 10.0 Å². The summed E-state index contributed by atoms with van der Waals surface area (Å²) in [6.07, 6.45) is 6.66. The largest absolute Gasteiger partial charge is 0.477 e. The highest BCUT2D eigenvalue weighted by Crippen LogP contribution is 2.23. The van der Waals surface area contributed by atoms with Gasteiger partial charge in [-0.15, -0.1) is 0 Å². The van der Waals surface area contributed by atoms with E-state index in [0.717, 1.165) is 67.2 Å². The molecular formula is C22H24N4O3. The molecule has 0 unspecified atom stereocenters. The first kappa shape index (κ1) is 19.3. The molecule has 2 aliphatic rings. The summed E-state index contributed by atoms with van der Waals surface area (Å²) in [5.41, 5.74) is 4.94. The second-order valence-electron chi connectivity index (χ2n) is 7.48. The number of nitrogens with zero attached hydrogens (tertiary/aromatic N) is 4. The van der Waals surface area contributed by atoms with E-state index in [2.05, 4.69) is 25.8 Å². The average molecular weight is 392 g/mol. The van der Waals surface area contributed by atoms with Crippen LogP contribution in [-0.2, 0) is 17.8 Å². The number of anilines is 1. The number of carboxylic acids is 1. The zero-order chi connectivity index (χ0) is 20.4. The molecule has 0 aromatic carbocycles. The van der Waals surface area contributed by atoms with Gasteiger partial charge in [0.2, 0.25) is 0 Å². The third-order valence-corrected chi connectivity index (χ3v) is 5.57. The number of hydrogen-bond donors (Lipinski definition) is 1. The second kappa shape index (κ2) is 8.13. The first-order valence-electron chi connectivity index (χ1n) is 9.91. The maximum Gasteiger partial charge on any atom is 0.354 e. The molecule has 1 aliphatic carbocycles. The molecule has 1 saturated heterocycles. The standard InChI is InChI=1S/C22H24N4O3/c1-2-16-10-20-17(11-21(16)27)9-15(12-23-20)14-25-5-7-26(8-6-25)18-3-4-19(22(28)29)24-13-18/h3-4,9-10,12-13H,2,5-8,11,14H2,1H3,(H,28,29). The summed E-state index contributed by atoms with van der Waals surface area (Å²) in [4.78, 5) is 36.3. The Bertz CT molecular complexity index is 961. The number of hydrogen-bond acceptors (Lipinski definition) is 6. The van der Waals surface area contributed by atoms with Crippen LogP contribution in [0.3, 0.4) is 0 Å². The smallest absolute Gasteiger partial charge is 0.354 e. The van der Waals surface area contributed by atoms with Gasteiger partial charge in [-0.2, -0.15) is 0 Å². The van der Waals surface area contributed by atoms with Crippen molar-refractivity contribution in [3.05, 3.63) is 58.7 Å². The van der Waals surface area contributed by atoms with E-state index in [0.29, 0.717) is 6.42 Å². The van der Waals surface area contributed by atoms with Crippen molar-refractivity contribution < 1.29 is 14.7 Å². The van der Waals surface area contributed by atoms with E-state index in [9.17, 15) is 9.59 Å². The summed E-state index contributed by atoms with van der Waals surface area (Å²) in [6, 6.07) is 5.47. The Labute approximate surface area is 169 Å². The van der Waals surface area contributed by atoms with Crippen molar-refractivity contribution in [1.29, 1.82) is 0 Å². The Morgan fingerprint density at radius 1 is 1.14 bits per heavy atom. The minimum atomic E-state index is -1.01. The molecule has 0 amide bonds. The molecule has 7 heteroatoms. The molecule has 0 spiro atoms. The van der Waals surface area contributed by atoms with E-state index in [4.69, 9.17) is 5.11 Å². The van der Waals surface area contributed by atoms with Crippen LogP contribution in [0.5, 0.6) is 0 Å². The molecule has 0 saturated carbocycles. The quantitative estimate of drug-likeness (QED) is 0.836. The summed E-state index contributed by atoms with van der Waals surface area (Å²) in [5, 5.41) is 8.97. The van der Waals surface area contributed by atoms with Gasteiger partial charge >= 0.3 is 5.97 Å². The highest BCUT2D eigenvalue weighted by atomic mass is 16.4. The van der Waals surface area contributed by atoms with Crippen LogP contribution in [0.4, 0.5) is 5.69 Å². The number of aromatic carboxylic acids is 1. The molecule has 2 aromatic rings. The van der Waals surface area contributed by atoms with E-state index in [1.165, 1.54) is 0 Å². The van der Waals surface area contributed by atoms with Crippen LogP contribution in [0.1, 0.15) is 40.7 Å². The van der Waals surface area contributed by atoms with Crippen LogP contribution in [0, 0.1) is 0 Å². The van der Waals surface area contributed by atoms with Crippen molar-refractivity contribution in [3.8, 4) is 0 Å². The van der Waals surface area contributed by atoms with Crippen LogP contribution < -0.4 is 4.90 Å². The predicted molar refractivity (Wildman–Crippen MR) is 110 cm³/mol. The number of carbonyl (C=O) groups is 2. The van der Waals surface area contributed by atoms with Gasteiger partial charge in [-0.3, -0.25) is 14.7 Å². The molecular weight excluding hydrogens is 368 g/mol. The molecule has 2 aromatic heterocycles. The van der Waals surface area contributed by atoms with E-state index in [-0.39, 0.29) is 11.5 Å². The second-order valence-corrected chi connectivity index (χ2v) is 7.48. The van der Waals surface area contributed by atoms with Crippen LogP contribution >= 0.6 is 0 Å². The Hall–Kier alpha value is -3.06. The Morgan fingerprint density at radius 2 is 1.93 bits per heavy atom. The molecule has 1 N–H and O–H groups in total. The number of rotatable bonds is 5. The van der Waals surface area contributed by atoms with Crippen molar-refractivity contribution in [2.75, 3.05) is 31.1 Å². The maximum absolute atomic E-state index is 12.2. The number of carbonyl (C=O) groups excluding carboxylic acids is 1. The van der Waals surface area contributed by atoms with Crippen molar-refractivity contribution in [1.82, 2.24) is 14.9 Å². The number of aromatic nitrogens is 2. The number of allylic oxidation sites excluding steroid dienone is 1. The van der Waals surface area contributed by atoms with Crippen LogP contribution in [0.15, 0.2) is 36.2 Å². The van der Waals surface area contributed by atoms with Gasteiger partial charge in [0.25, 0.3) is 0 Å². The fourth-order valence-corrected chi connectivity index (χ4v) is 3.88. The zero-order valence-corrected chi connectivity index (χ0v) is 16.5. The number of piperazine rings is 1. The summed E-state index contributed by atoms with van der Waals surface area (Å²) >= 11 is 0. The maximum atomic E-state index is 12.2. The Kier molecular flexibility index (Phi) is 5.40. The lowest BCUT2D eigenvalue weighted by Crippen LogP contribution is -2.46. The molecule has 29 heavy (non-hydrogen) atoms. The van der Waals surface area contributed by atoms with Gasteiger partial charge in [0.15, 0.2) is 5.78 Å². The van der Waals surface area contributed by atoms with Gasteiger partial charge in [-0.25, -0.2) is 9.78 Å². The third-order valence-electron chi connectivity index (χ3n) is 5.57. The minimum absolute atomic E-state index is 0.0617. The summed E-state index contributed by atoms with van der Waals surface area (Å²) < 4.78 is 0. The molecule has 4 rings (SSSR count). The monoisotopic (exact) mass is 392 g/mol. The highest BCUT2D eigenvalue weighted by molar-refractivity contribution is 6.03. The number of fused-ring (bicyclic) bond motifs is 1. The topological polar surface area (TPSA) is 86.6 Å². The van der Waals surface area contributed by atoms with Gasteiger partial charge in [0.1, 0.15) is 5.69 Å². The lowest BCUT2D eigenvalue weighted by Gasteiger charge is -2.36. The molecule has 1 fully saturated rings. The SMILES string of the molecule is CCC1=Cc2ncc(CN3CCN(c4ccc(C(=O)O)nc4)CC3)cc2CC1=O. The van der Waals surface area contributed by atoms with E-state index >= 15 is 0 Å². The average Bonchev–Trinajstić information content (AvgIpc) is 2.74.